The molecule has 204 valence electrons. The third kappa shape index (κ3) is 4.99. The van der Waals surface area contributed by atoms with Gasteiger partial charge in [-0.1, -0.05) is 6.07 Å². The quantitative estimate of drug-likeness (QED) is 0.279. The first-order valence-electron chi connectivity index (χ1n) is 12.4. The zero-order chi connectivity index (χ0) is 27.9. The van der Waals surface area contributed by atoms with Gasteiger partial charge < -0.3 is 25.8 Å². The minimum Gasteiger partial charge on any atom is -0.495 e. The Morgan fingerprint density at radius 2 is 2.00 bits per heavy atom. The Balaban J connectivity index is 1.51. The fourth-order valence-electron chi connectivity index (χ4n) is 4.37. The van der Waals surface area contributed by atoms with Crippen LogP contribution >= 0.6 is 0 Å². The number of sulfone groups is 1. The Bertz CT molecular complexity index is 1690. The molecular weight excluding hydrogens is 523 g/mol. The largest absolute Gasteiger partial charge is 0.495 e. The van der Waals surface area contributed by atoms with Gasteiger partial charge in [0.2, 0.25) is 11.8 Å². The number of fused-ring (bicyclic) bond motifs is 2. The number of ether oxygens (including phenoxy) is 2. The molecule has 0 saturated heterocycles. The van der Waals surface area contributed by atoms with E-state index in [1.165, 1.54) is 13.3 Å². The lowest BCUT2D eigenvalue weighted by molar-refractivity contribution is 0.310. The summed E-state index contributed by atoms with van der Waals surface area (Å²) in [5.41, 5.74) is 10.0. The first-order chi connectivity index (χ1) is 18.6. The second-order valence-electron chi connectivity index (χ2n) is 9.55. The molecule has 4 aromatic rings. The number of nitrogen functional groups attached to an aromatic ring is 1. The lowest BCUT2D eigenvalue weighted by Gasteiger charge is -2.22. The maximum Gasteiger partial charge on any atom is 0.237 e. The van der Waals surface area contributed by atoms with Gasteiger partial charge in [0, 0.05) is 35.5 Å². The molecule has 0 atom stereocenters. The Morgan fingerprint density at radius 1 is 1.21 bits per heavy atom. The molecule has 10 nitrogen and oxygen atoms in total. The van der Waals surface area contributed by atoms with Gasteiger partial charge in [0.05, 0.1) is 35.0 Å². The maximum absolute atomic E-state index is 15.4. The highest BCUT2D eigenvalue weighted by Gasteiger charge is 2.22. The third-order valence-electron chi connectivity index (χ3n) is 6.70. The molecule has 0 fully saturated rings. The highest BCUT2D eigenvalue weighted by atomic mass is 32.2. The minimum atomic E-state index is -3.27. The van der Waals surface area contributed by atoms with Gasteiger partial charge in [0.15, 0.2) is 15.7 Å². The normalized spacial score (nSPS) is 13.1. The van der Waals surface area contributed by atoms with Crippen molar-refractivity contribution in [2.24, 2.45) is 0 Å². The van der Waals surface area contributed by atoms with Crippen molar-refractivity contribution in [3.8, 4) is 22.8 Å². The minimum absolute atomic E-state index is 0.0660. The van der Waals surface area contributed by atoms with Gasteiger partial charge in [-0.05, 0) is 50.1 Å². The van der Waals surface area contributed by atoms with Gasteiger partial charge >= 0.3 is 0 Å². The molecule has 0 saturated carbocycles. The van der Waals surface area contributed by atoms with Crippen LogP contribution in [0, 0.1) is 12.7 Å². The average molecular weight is 553 g/mol. The number of hydrogen-bond acceptors (Lipinski definition) is 10. The summed E-state index contributed by atoms with van der Waals surface area (Å²) in [6.07, 6.45) is 3.02. The van der Waals surface area contributed by atoms with Crippen LogP contribution in [0.1, 0.15) is 25.0 Å². The summed E-state index contributed by atoms with van der Waals surface area (Å²) in [5.74, 6) is 0.463. The number of hydrogen-bond donors (Lipinski definition) is 3. The van der Waals surface area contributed by atoms with E-state index in [9.17, 15) is 8.42 Å². The zero-order valence-corrected chi connectivity index (χ0v) is 22.8. The Labute approximate surface area is 225 Å². The number of nitrogens with zero attached hydrogens (tertiary/aromatic N) is 3. The van der Waals surface area contributed by atoms with Crippen LogP contribution in [0.3, 0.4) is 0 Å². The fraction of sp³-hybridized carbons (Fsp3) is 0.296. The summed E-state index contributed by atoms with van der Waals surface area (Å²) in [5, 5.41) is 6.25. The van der Waals surface area contributed by atoms with Crippen LogP contribution in [0.4, 0.5) is 27.4 Å². The lowest BCUT2D eigenvalue weighted by Crippen LogP contribution is -2.20. The number of nitrogens with two attached hydrogens (primary N) is 1. The number of halogens is 1. The van der Waals surface area contributed by atoms with Crippen molar-refractivity contribution in [1.82, 2.24) is 15.0 Å². The van der Waals surface area contributed by atoms with Gasteiger partial charge in [-0.3, -0.25) is 0 Å². The summed E-state index contributed by atoms with van der Waals surface area (Å²) in [6, 6.07) is 6.70. The number of aromatic nitrogens is 3. The fourth-order valence-corrected chi connectivity index (χ4v) is 5.35. The summed E-state index contributed by atoms with van der Waals surface area (Å²) in [4.78, 5) is 13.2. The number of benzene rings is 2. The average Bonchev–Trinajstić information content (AvgIpc) is 2.92. The van der Waals surface area contributed by atoms with Crippen LogP contribution in [-0.2, 0) is 15.6 Å². The molecule has 0 bridgehead atoms. The van der Waals surface area contributed by atoms with E-state index in [1.54, 1.807) is 44.3 Å². The molecular formula is C27H29FN6O4S. The van der Waals surface area contributed by atoms with Gasteiger partial charge in [0.25, 0.3) is 0 Å². The highest BCUT2D eigenvalue weighted by Crippen LogP contribution is 2.39. The molecule has 12 heteroatoms. The molecule has 0 radical (unpaired) electrons. The van der Waals surface area contributed by atoms with Crippen LogP contribution in [0.25, 0.3) is 22.0 Å². The van der Waals surface area contributed by atoms with E-state index >= 15 is 4.39 Å². The number of pyridine rings is 1. The number of rotatable bonds is 7. The SMILES string of the molecule is COc1cc(CS(=O)(=O)C(C)C)ccc1Nc1ncc2c(N)c(F)c(-c3cnc4c(c3C)NCCO4)cc2n1. The van der Waals surface area contributed by atoms with Crippen molar-refractivity contribution in [3.63, 3.8) is 0 Å². The third-order valence-corrected chi connectivity index (χ3v) is 8.87. The number of nitrogens with one attached hydrogen (secondary N) is 2. The second kappa shape index (κ2) is 10.2. The predicted octanol–water partition coefficient (Wildman–Crippen LogP) is 4.60. The summed E-state index contributed by atoms with van der Waals surface area (Å²) < 4.78 is 51.2. The molecule has 2 aromatic carbocycles. The molecule has 4 N–H and O–H groups in total. The van der Waals surface area contributed by atoms with Crippen molar-refractivity contribution in [2.45, 2.75) is 31.8 Å². The topological polar surface area (TPSA) is 141 Å². The van der Waals surface area contributed by atoms with Crippen LogP contribution in [0.5, 0.6) is 11.6 Å². The van der Waals surface area contributed by atoms with Crippen LogP contribution in [0.2, 0.25) is 0 Å². The van der Waals surface area contributed by atoms with Gasteiger partial charge in [-0.15, -0.1) is 0 Å². The molecule has 1 aliphatic heterocycles. The molecule has 5 rings (SSSR count). The van der Waals surface area contributed by atoms with E-state index in [2.05, 4.69) is 25.6 Å². The molecule has 2 aromatic heterocycles. The van der Waals surface area contributed by atoms with Crippen LogP contribution in [0.15, 0.2) is 36.7 Å². The van der Waals surface area contributed by atoms with E-state index in [1.807, 2.05) is 6.92 Å². The van der Waals surface area contributed by atoms with Crippen molar-refractivity contribution >= 4 is 43.8 Å². The van der Waals surface area contributed by atoms with Crippen molar-refractivity contribution < 1.29 is 22.3 Å². The molecule has 3 heterocycles. The van der Waals surface area contributed by atoms with E-state index in [0.717, 1.165) is 11.3 Å². The first-order valence-corrected chi connectivity index (χ1v) is 14.1. The standard InChI is InChI=1S/C27H29FN6O4S/c1-14(2)39(35,36)13-16-5-6-20(22(9-16)37-4)33-27-32-12-19-21(34-27)10-17(23(28)24(19)29)18-11-31-26-25(15(18)3)30-7-8-38-26/h5-6,9-12,14,30H,7-8,13,29H2,1-4H3,(H,32,33,34). The molecule has 1 aliphatic rings. The molecule has 0 amide bonds. The lowest BCUT2D eigenvalue weighted by atomic mass is 9.98. The van der Waals surface area contributed by atoms with E-state index in [4.69, 9.17) is 15.2 Å². The second-order valence-corrected chi connectivity index (χ2v) is 12.1. The summed E-state index contributed by atoms with van der Waals surface area (Å²) in [7, 11) is -1.78. The summed E-state index contributed by atoms with van der Waals surface area (Å²) in [6.45, 7) is 6.30. The molecule has 0 aliphatic carbocycles. The van der Waals surface area contributed by atoms with Gasteiger partial charge in [-0.25, -0.2) is 27.8 Å². The number of anilines is 4. The van der Waals surface area contributed by atoms with Gasteiger partial charge in [-0.2, -0.15) is 0 Å². The van der Waals surface area contributed by atoms with E-state index < -0.39 is 20.9 Å². The smallest absolute Gasteiger partial charge is 0.237 e. The molecule has 39 heavy (non-hydrogen) atoms. The van der Waals surface area contributed by atoms with E-state index in [0.29, 0.717) is 52.5 Å². The van der Waals surface area contributed by atoms with Gasteiger partial charge in [0.1, 0.15) is 18.0 Å². The Morgan fingerprint density at radius 3 is 2.74 bits per heavy atom. The predicted molar refractivity (Wildman–Crippen MR) is 150 cm³/mol. The van der Waals surface area contributed by atoms with Crippen molar-refractivity contribution in [2.75, 3.05) is 36.6 Å². The van der Waals surface area contributed by atoms with E-state index in [-0.39, 0.29) is 23.0 Å². The first kappa shape index (κ1) is 26.4. The van der Waals surface area contributed by atoms with Crippen LogP contribution < -0.4 is 25.8 Å². The van der Waals surface area contributed by atoms with Crippen molar-refractivity contribution in [1.29, 1.82) is 0 Å². The zero-order valence-electron chi connectivity index (χ0n) is 22.0. The van der Waals surface area contributed by atoms with Crippen LogP contribution in [-0.4, -0.2) is 48.9 Å². The summed E-state index contributed by atoms with van der Waals surface area (Å²) >= 11 is 0. The molecule has 0 spiro atoms. The monoisotopic (exact) mass is 552 g/mol. The molecule has 0 unspecified atom stereocenters. The van der Waals surface area contributed by atoms with Crippen molar-refractivity contribution in [3.05, 3.63) is 53.6 Å². The highest BCUT2D eigenvalue weighted by molar-refractivity contribution is 7.91. The Hall–Kier alpha value is -4.19. The Kier molecular flexibility index (Phi) is 6.89. The maximum atomic E-state index is 15.4. The number of methoxy groups -OCH3 is 1.